The molecule has 1 aliphatic carbocycles. The Morgan fingerprint density at radius 2 is 1.72 bits per heavy atom. The fraction of sp³-hybridized carbons (Fsp3) is 0.429. The fourth-order valence-electron chi connectivity index (χ4n) is 2.42. The number of rotatable bonds is 4. The van der Waals surface area contributed by atoms with E-state index in [1.165, 1.54) is 14.2 Å². The molecule has 1 atom stereocenters. The number of carbonyl (C=O) groups is 2. The summed E-state index contributed by atoms with van der Waals surface area (Å²) < 4.78 is 9.46. The van der Waals surface area contributed by atoms with E-state index in [1.54, 1.807) is 0 Å². The Bertz CT molecular complexity index is 436. The van der Waals surface area contributed by atoms with Gasteiger partial charge in [0.15, 0.2) is 5.41 Å². The van der Waals surface area contributed by atoms with Gasteiger partial charge in [0, 0.05) is 0 Å². The van der Waals surface area contributed by atoms with Crippen LogP contribution < -0.4 is 0 Å². The van der Waals surface area contributed by atoms with Gasteiger partial charge in [0.25, 0.3) is 0 Å². The van der Waals surface area contributed by atoms with Crippen LogP contribution in [0.1, 0.15) is 12.0 Å². The molecule has 1 aromatic carbocycles. The summed E-state index contributed by atoms with van der Waals surface area (Å²) in [6.45, 7) is 0. The van der Waals surface area contributed by atoms with Crippen molar-refractivity contribution in [3.05, 3.63) is 35.9 Å². The lowest BCUT2D eigenvalue weighted by molar-refractivity contribution is -0.162. The fourth-order valence-corrected chi connectivity index (χ4v) is 2.42. The van der Waals surface area contributed by atoms with Gasteiger partial charge in [-0.1, -0.05) is 30.3 Å². The van der Waals surface area contributed by atoms with Crippen LogP contribution in [0.25, 0.3) is 0 Å². The molecule has 4 heteroatoms. The molecule has 1 saturated carbocycles. The van der Waals surface area contributed by atoms with Gasteiger partial charge < -0.3 is 9.47 Å². The molecule has 0 bridgehead atoms. The van der Waals surface area contributed by atoms with Crippen LogP contribution in [0, 0.1) is 11.3 Å². The first-order valence-corrected chi connectivity index (χ1v) is 5.86. The predicted molar refractivity (Wildman–Crippen MR) is 64.7 cm³/mol. The zero-order valence-electron chi connectivity index (χ0n) is 10.5. The molecule has 4 nitrogen and oxygen atoms in total. The van der Waals surface area contributed by atoms with E-state index in [2.05, 4.69) is 0 Å². The molecule has 18 heavy (non-hydrogen) atoms. The van der Waals surface area contributed by atoms with E-state index in [9.17, 15) is 9.59 Å². The zero-order valence-corrected chi connectivity index (χ0v) is 10.5. The third-order valence-electron chi connectivity index (χ3n) is 3.53. The second-order valence-electron chi connectivity index (χ2n) is 4.55. The highest BCUT2D eigenvalue weighted by Crippen LogP contribution is 2.55. The second-order valence-corrected chi connectivity index (χ2v) is 4.55. The van der Waals surface area contributed by atoms with E-state index in [-0.39, 0.29) is 5.92 Å². The Kier molecular flexibility index (Phi) is 3.36. The summed E-state index contributed by atoms with van der Waals surface area (Å²) >= 11 is 0. The Morgan fingerprint density at radius 1 is 1.17 bits per heavy atom. The van der Waals surface area contributed by atoms with Crippen LogP contribution in [0.15, 0.2) is 30.3 Å². The van der Waals surface area contributed by atoms with Crippen molar-refractivity contribution in [3.63, 3.8) is 0 Å². The first-order valence-electron chi connectivity index (χ1n) is 5.86. The molecule has 1 aliphatic rings. The summed E-state index contributed by atoms with van der Waals surface area (Å²) in [5, 5.41) is 0. The molecular formula is C14H16O4. The number of methoxy groups -OCH3 is 2. The standard InChI is InChI=1S/C14H16O4/c1-17-12(15)14(13(16)18-2)9-11(14)8-10-6-4-3-5-7-10/h3-7,11H,8-9H2,1-2H3. The third-order valence-corrected chi connectivity index (χ3v) is 3.53. The average Bonchev–Trinajstić information content (AvgIpc) is 3.13. The van der Waals surface area contributed by atoms with Gasteiger partial charge in [0.2, 0.25) is 0 Å². The number of benzene rings is 1. The maximum Gasteiger partial charge on any atom is 0.323 e. The van der Waals surface area contributed by atoms with Gasteiger partial charge in [-0.15, -0.1) is 0 Å². The van der Waals surface area contributed by atoms with E-state index in [0.29, 0.717) is 12.8 Å². The molecule has 0 radical (unpaired) electrons. The Hall–Kier alpha value is -1.84. The normalized spacial score (nSPS) is 20.0. The van der Waals surface area contributed by atoms with Gasteiger partial charge in [-0.3, -0.25) is 9.59 Å². The van der Waals surface area contributed by atoms with E-state index in [0.717, 1.165) is 5.56 Å². The summed E-state index contributed by atoms with van der Waals surface area (Å²) in [5.74, 6) is -1.01. The molecule has 0 amide bonds. The first kappa shape index (κ1) is 12.6. The van der Waals surface area contributed by atoms with Crippen molar-refractivity contribution in [3.8, 4) is 0 Å². The molecule has 2 rings (SSSR count). The minimum absolute atomic E-state index is 0.0280. The minimum atomic E-state index is -1.08. The topological polar surface area (TPSA) is 52.6 Å². The summed E-state index contributed by atoms with van der Waals surface area (Å²) in [4.78, 5) is 23.5. The van der Waals surface area contributed by atoms with Crippen LogP contribution in [0.4, 0.5) is 0 Å². The molecule has 0 aliphatic heterocycles. The van der Waals surface area contributed by atoms with Gasteiger partial charge in [0.05, 0.1) is 14.2 Å². The highest BCUT2D eigenvalue weighted by molar-refractivity contribution is 6.03. The van der Waals surface area contributed by atoms with Crippen LogP contribution in [-0.4, -0.2) is 26.2 Å². The number of esters is 2. The summed E-state index contributed by atoms with van der Waals surface area (Å²) in [5.41, 5.74) is 0.0245. The van der Waals surface area contributed by atoms with Crippen LogP contribution in [-0.2, 0) is 25.5 Å². The Morgan fingerprint density at radius 3 is 2.22 bits per heavy atom. The lowest BCUT2D eigenvalue weighted by Crippen LogP contribution is -2.30. The smallest absolute Gasteiger partial charge is 0.323 e. The van der Waals surface area contributed by atoms with E-state index in [4.69, 9.17) is 9.47 Å². The molecule has 1 fully saturated rings. The number of hydrogen-bond donors (Lipinski definition) is 0. The molecule has 0 N–H and O–H groups in total. The summed E-state index contributed by atoms with van der Waals surface area (Å²) in [6.07, 6.45) is 1.19. The zero-order chi connectivity index (χ0) is 13.2. The number of hydrogen-bond acceptors (Lipinski definition) is 4. The number of ether oxygens (including phenoxy) is 2. The Labute approximate surface area is 106 Å². The van der Waals surface area contributed by atoms with Gasteiger partial charge >= 0.3 is 11.9 Å². The van der Waals surface area contributed by atoms with Crippen LogP contribution in [0.5, 0.6) is 0 Å². The van der Waals surface area contributed by atoms with Crippen LogP contribution in [0.2, 0.25) is 0 Å². The van der Waals surface area contributed by atoms with Crippen LogP contribution in [0.3, 0.4) is 0 Å². The average molecular weight is 248 g/mol. The van der Waals surface area contributed by atoms with E-state index < -0.39 is 17.4 Å². The molecule has 0 saturated heterocycles. The molecular weight excluding hydrogens is 232 g/mol. The maximum atomic E-state index is 11.8. The molecule has 0 aromatic heterocycles. The van der Waals surface area contributed by atoms with Crippen molar-refractivity contribution >= 4 is 11.9 Å². The monoisotopic (exact) mass is 248 g/mol. The van der Waals surface area contributed by atoms with Crippen molar-refractivity contribution in [2.45, 2.75) is 12.8 Å². The SMILES string of the molecule is COC(=O)C1(C(=O)OC)CC1Cc1ccccc1. The molecule has 0 spiro atoms. The highest BCUT2D eigenvalue weighted by Gasteiger charge is 2.67. The summed E-state index contributed by atoms with van der Waals surface area (Å²) in [6, 6.07) is 9.78. The first-order chi connectivity index (χ1) is 8.65. The molecule has 1 aromatic rings. The predicted octanol–water partition coefficient (Wildman–Crippen LogP) is 1.58. The maximum absolute atomic E-state index is 11.8. The van der Waals surface area contributed by atoms with Crippen molar-refractivity contribution in [1.29, 1.82) is 0 Å². The minimum Gasteiger partial charge on any atom is -0.468 e. The lowest BCUT2D eigenvalue weighted by atomic mass is 9.99. The van der Waals surface area contributed by atoms with Crippen molar-refractivity contribution in [1.82, 2.24) is 0 Å². The number of carbonyl (C=O) groups excluding carboxylic acids is 2. The van der Waals surface area contributed by atoms with Crippen molar-refractivity contribution < 1.29 is 19.1 Å². The van der Waals surface area contributed by atoms with Gasteiger partial charge in [-0.25, -0.2) is 0 Å². The third kappa shape index (κ3) is 1.98. The van der Waals surface area contributed by atoms with Crippen molar-refractivity contribution in [2.75, 3.05) is 14.2 Å². The quantitative estimate of drug-likeness (QED) is 0.599. The summed E-state index contributed by atoms with van der Waals surface area (Å²) in [7, 11) is 2.59. The second kappa shape index (κ2) is 4.80. The molecule has 1 unspecified atom stereocenters. The van der Waals surface area contributed by atoms with Gasteiger partial charge in [0.1, 0.15) is 0 Å². The van der Waals surface area contributed by atoms with E-state index in [1.807, 2.05) is 30.3 Å². The largest absolute Gasteiger partial charge is 0.468 e. The van der Waals surface area contributed by atoms with Gasteiger partial charge in [-0.05, 0) is 24.3 Å². The molecule has 0 heterocycles. The van der Waals surface area contributed by atoms with Crippen molar-refractivity contribution in [2.24, 2.45) is 11.3 Å². The Balaban J connectivity index is 2.13. The van der Waals surface area contributed by atoms with Crippen LogP contribution >= 0.6 is 0 Å². The molecule has 96 valence electrons. The van der Waals surface area contributed by atoms with Gasteiger partial charge in [-0.2, -0.15) is 0 Å². The van der Waals surface area contributed by atoms with E-state index >= 15 is 0 Å². The highest BCUT2D eigenvalue weighted by atomic mass is 16.5. The lowest BCUT2D eigenvalue weighted by Gasteiger charge is -2.12.